The van der Waals surface area contributed by atoms with E-state index in [1.54, 1.807) is 12.1 Å². The highest BCUT2D eigenvalue weighted by Gasteiger charge is 2.27. The normalized spacial score (nSPS) is 11.5. The Hall–Kier alpha value is -0.750. The van der Waals surface area contributed by atoms with Gasteiger partial charge in [0.05, 0.1) is 13.2 Å². The molecular formula is C11H12BrF3O2. The van der Waals surface area contributed by atoms with Gasteiger partial charge in [-0.3, -0.25) is 0 Å². The summed E-state index contributed by atoms with van der Waals surface area (Å²) in [7, 11) is 0. The van der Waals surface area contributed by atoms with Crippen LogP contribution in [-0.4, -0.2) is 26.0 Å². The Bertz CT molecular complexity index is 324. The van der Waals surface area contributed by atoms with Crippen molar-refractivity contribution in [2.75, 3.05) is 19.8 Å². The minimum atomic E-state index is -4.26. The minimum absolute atomic E-state index is 0.0377. The first-order valence-electron chi connectivity index (χ1n) is 5.00. The lowest BCUT2D eigenvalue weighted by Crippen LogP contribution is -2.18. The Morgan fingerprint density at radius 1 is 1.06 bits per heavy atom. The molecule has 96 valence electrons. The molecule has 1 rings (SSSR count). The SMILES string of the molecule is FC(F)(F)COCCCOc1ccc(Br)cc1. The molecule has 0 atom stereocenters. The average Bonchev–Trinajstić information content (AvgIpc) is 2.24. The summed E-state index contributed by atoms with van der Waals surface area (Å²) in [6.45, 7) is -0.833. The highest BCUT2D eigenvalue weighted by molar-refractivity contribution is 9.10. The van der Waals surface area contributed by atoms with E-state index in [0.717, 1.165) is 4.47 Å². The second-order valence-corrected chi connectivity index (χ2v) is 4.24. The minimum Gasteiger partial charge on any atom is -0.494 e. The van der Waals surface area contributed by atoms with Crippen molar-refractivity contribution < 1.29 is 22.6 Å². The van der Waals surface area contributed by atoms with Gasteiger partial charge >= 0.3 is 6.18 Å². The van der Waals surface area contributed by atoms with Gasteiger partial charge in [0.15, 0.2) is 0 Å². The summed E-state index contributed by atoms with van der Waals surface area (Å²) in [5, 5.41) is 0. The van der Waals surface area contributed by atoms with Crippen LogP contribution in [0.4, 0.5) is 13.2 Å². The van der Waals surface area contributed by atoms with Crippen LogP contribution in [0.25, 0.3) is 0 Å². The zero-order valence-electron chi connectivity index (χ0n) is 8.97. The summed E-state index contributed by atoms with van der Waals surface area (Å²) in [6.07, 6.45) is -3.83. The number of hydrogen-bond donors (Lipinski definition) is 0. The molecule has 0 aromatic heterocycles. The number of ether oxygens (including phenoxy) is 2. The molecule has 6 heteroatoms. The molecular weight excluding hydrogens is 301 g/mol. The fraction of sp³-hybridized carbons (Fsp3) is 0.455. The fourth-order valence-corrected chi connectivity index (χ4v) is 1.33. The van der Waals surface area contributed by atoms with E-state index in [-0.39, 0.29) is 6.61 Å². The maximum atomic E-state index is 11.7. The molecule has 2 nitrogen and oxygen atoms in total. The number of halogens is 4. The van der Waals surface area contributed by atoms with E-state index in [0.29, 0.717) is 18.8 Å². The van der Waals surface area contributed by atoms with Crippen LogP contribution >= 0.6 is 15.9 Å². The van der Waals surface area contributed by atoms with E-state index in [2.05, 4.69) is 20.7 Å². The van der Waals surface area contributed by atoms with Crippen molar-refractivity contribution in [2.24, 2.45) is 0 Å². The van der Waals surface area contributed by atoms with Gasteiger partial charge in [-0.25, -0.2) is 0 Å². The Morgan fingerprint density at radius 3 is 2.29 bits per heavy atom. The van der Waals surface area contributed by atoms with E-state index >= 15 is 0 Å². The summed E-state index contributed by atoms with van der Waals surface area (Å²) in [6, 6.07) is 7.21. The van der Waals surface area contributed by atoms with Crippen molar-refractivity contribution >= 4 is 15.9 Å². The van der Waals surface area contributed by atoms with Crippen molar-refractivity contribution in [3.63, 3.8) is 0 Å². The van der Waals surface area contributed by atoms with Gasteiger partial charge in [0, 0.05) is 10.9 Å². The lowest BCUT2D eigenvalue weighted by Gasteiger charge is -2.08. The van der Waals surface area contributed by atoms with Crippen LogP contribution in [0.5, 0.6) is 5.75 Å². The predicted octanol–water partition coefficient (Wildman–Crippen LogP) is 3.80. The molecule has 0 fully saturated rings. The zero-order valence-corrected chi connectivity index (χ0v) is 10.6. The van der Waals surface area contributed by atoms with E-state index in [1.165, 1.54) is 0 Å². The van der Waals surface area contributed by atoms with Crippen LogP contribution in [0.3, 0.4) is 0 Å². The molecule has 0 saturated heterocycles. The van der Waals surface area contributed by atoms with Crippen molar-refractivity contribution in [3.8, 4) is 5.75 Å². The molecule has 1 aromatic carbocycles. The molecule has 0 heterocycles. The molecule has 0 aliphatic heterocycles. The van der Waals surface area contributed by atoms with Crippen molar-refractivity contribution in [1.29, 1.82) is 0 Å². The average molecular weight is 313 g/mol. The third kappa shape index (κ3) is 7.23. The fourth-order valence-electron chi connectivity index (χ4n) is 1.07. The van der Waals surface area contributed by atoms with Crippen LogP contribution in [0.1, 0.15) is 6.42 Å². The molecule has 1 aromatic rings. The van der Waals surface area contributed by atoms with Crippen LogP contribution in [-0.2, 0) is 4.74 Å². The summed E-state index contributed by atoms with van der Waals surface area (Å²) in [5.74, 6) is 0.684. The first kappa shape index (κ1) is 14.3. The molecule has 0 aliphatic carbocycles. The highest BCUT2D eigenvalue weighted by Crippen LogP contribution is 2.16. The zero-order chi connectivity index (χ0) is 12.7. The van der Waals surface area contributed by atoms with E-state index < -0.39 is 12.8 Å². The second-order valence-electron chi connectivity index (χ2n) is 3.32. The number of rotatable bonds is 6. The van der Waals surface area contributed by atoms with Crippen LogP contribution in [0.15, 0.2) is 28.7 Å². The highest BCUT2D eigenvalue weighted by atomic mass is 79.9. The van der Waals surface area contributed by atoms with Gasteiger partial charge in [-0.05, 0) is 24.3 Å². The largest absolute Gasteiger partial charge is 0.494 e. The number of alkyl halides is 3. The van der Waals surface area contributed by atoms with Crippen LogP contribution < -0.4 is 4.74 Å². The Labute approximate surface area is 106 Å². The second kappa shape index (κ2) is 6.86. The summed E-state index contributed by atoms with van der Waals surface area (Å²) < 4.78 is 45.8. The van der Waals surface area contributed by atoms with Crippen molar-refractivity contribution in [1.82, 2.24) is 0 Å². The summed E-state index contributed by atoms with van der Waals surface area (Å²) in [5.41, 5.74) is 0. The molecule has 0 saturated carbocycles. The molecule has 17 heavy (non-hydrogen) atoms. The van der Waals surface area contributed by atoms with Gasteiger partial charge in [0.1, 0.15) is 12.4 Å². The topological polar surface area (TPSA) is 18.5 Å². The lowest BCUT2D eigenvalue weighted by molar-refractivity contribution is -0.174. The standard InChI is InChI=1S/C11H12BrF3O2/c12-9-2-4-10(5-3-9)17-7-1-6-16-8-11(13,14)15/h2-5H,1,6-8H2. The van der Waals surface area contributed by atoms with Crippen LogP contribution in [0, 0.1) is 0 Å². The van der Waals surface area contributed by atoms with Gasteiger partial charge in [-0.2, -0.15) is 13.2 Å². The van der Waals surface area contributed by atoms with E-state index in [1.807, 2.05) is 12.1 Å². The maximum absolute atomic E-state index is 11.7. The third-order valence-corrected chi connectivity index (χ3v) is 2.31. The van der Waals surface area contributed by atoms with Gasteiger partial charge in [0.2, 0.25) is 0 Å². The third-order valence-electron chi connectivity index (χ3n) is 1.78. The Morgan fingerprint density at radius 2 is 1.71 bits per heavy atom. The summed E-state index contributed by atoms with van der Waals surface area (Å²) >= 11 is 3.28. The molecule has 0 spiro atoms. The predicted molar refractivity (Wildman–Crippen MR) is 61.1 cm³/mol. The lowest BCUT2D eigenvalue weighted by atomic mass is 10.3. The molecule has 0 bridgehead atoms. The summed E-state index contributed by atoms with van der Waals surface area (Å²) in [4.78, 5) is 0. The first-order valence-corrected chi connectivity index (χ1v) is 5.79. The smallest absolute Gasteiger partial charge is 0.411 e. The van der Waals surface area contributed by atoms with Gasteiger partial charge in [-0.1, -0.05) is 15.9 Å². The van der Waals surface area contributed by atoms with Gasteiger partial charge < -0.3 is 9.47 Å². The van der Waals surface area contributed by atoms with E-state index in [9.17, 15) is 13.2 Å². The maximum Gasteiger partial charge on any atom is 0.411 e. The van der Waals surface area contributed by atoms with Gasteiger partial charge in [-0.15, -0.1) is 0 Å². The molecule has 0 amide bonds. The Kier molecular flexibility index (Phi) is 5.77. The van der Waals surface area contributed by atoms with E-state index in [4.69, 9.17) is 4.74 Å². The molecule has 0 unspecified atom stereocenters. The van der Waals surface area contributed by atoms with Crippen molar-refractivity contribution in [2.45, 2.75) is 12.6 Å². The number of benzene rings is 1. The van der Waals surface area contributed by atoms with Gasteiger partial charge in [0.25, 0.3) is 0 Å². The molecule has 0 radical (unpaired) electrons. The Balaban J connectivity index is 2.07. The first-order chi connectivity index (χ1) is 7.97. The molecule has 0 aliphatic rings. The quantitative estimate of drug-likeness (QED) is 0.744. The molecule has 0 N–H and O–H groups in total. The van der Waals surface area contributed by atoms with Crippen LogP contribution in [0.2, 0.25) is 0 Å². The van der Waals surface area contributed by atoms with Crippen molar-refractivity contribution in [3.05, 3.63) is 28.7 Å². The monoisotopic (exact) mass is 312 g/mol. The number of hydrogen-bond acceptors (Lipinski definition) is 2.